The van der Waals surface area contributed by atoms with E-state index in [9.17, 15) is 18.0 Å². The van der Waals surface area contributed by atoms with Crippen LogP contribution in [-0.2, 0) is 24.2 Å². The van der Waals surface area contributed by atoms with E-state index in [1.54, 1.807) is 24.4 Å². The van der Waals surface area contributed by atoms with Gasteiger partial charge in [0.15, 0.2) is 9.84 Å². The normalized spacial score (nSPS) is 19.2. The van der Waals surface area contributed by atoms with Crippen LogP contribution in [0.4, 0.5) is 0 Å². The van der Waals surface area contributed by atoms with Crippen LogP contribution in [-0.4, -0.2) is 56.1 Å². The number of ether oxygens (including phenoxy) is 1. The number of amides is 1. The van der Waals surface area contributed by atoms with Crippen molar-refractivity contribution < 1.29 is 22.7 Å². The van der Waals surface area contributed by atoms with E-state index in [2.05, 4.69) is 4.98 Å². The summed E-state index contributed by atoms with van der Waals surface area (Å²) in [5.41, 5.74) is 2.08. The average molecular weight is 463 g/mol. The van der Waals surface area contributed by atoms with Gasteiger partial charge in [0.2, 0.25) is 5.91 Å². The van der Waals surface area contributed by atoms with E-state index in [0.717, 1.165) is 11.8 Å². The smallest absolute Gasteiger partial charge is 0.306 e. The van der Waals surface area contributed by atoms with Crippen LogP contribution < -0.4 is 0 Å². The van der Waals surface area contributed by atoms with Crippen LogP contribution in [0.1, 0.15) is 30.7 Å². The lowest BCUT2D eigenvalue weighted by molar-refractivity contribution is -0.138. The summed E-state index contributed by atoms with van der Waals surface area (Å²) in [6, 6.07) is 8.47. The lowest BCUT2D eigenvalue weighted by Gasteiger charge is -2.39. The molecule has 0 unspecified atom stereocenters. The van der Waals surface area contributed by atoms with Crippen molar-refractivity contribution >= 4 is 33.3 Å². The predicted molar refractivity (Wildman–Crippen MR) is 115 cm³/mol. The van der Waals surface area contributed by atoms with E-state index in [1.165, 1.54) is 6.07 Å². The highest BCUT2D eigenvalue weighted by Crippen LogP contribution is 2.32. The number of hydrogen-bond donors (Lipinski definition) is 0. The number of sulfone groups is 1. The van der Waals surface area contributed by atoms with Crippen molar-refractivity contribution in [3.63, 3.8) is 0 Å². The Kier molecular flexibility index (Phi) is 6.03. The number of esters is 1. The molecule has 0 aliphatic carbocycles. The van der Waals surface area contributed by atoms with Gasteiger partial charge in [0.25, 0.3) is 0 Å². The molecule has 2 saturated heterocycles. The zero-order valence-electron chi connectivity index (χ0n) is 17.1. The second kappa shape index (κ2) is 8.59. The topological polar surface area (TPSA) is 93.6 Å². The molecule has 4 rings (SSSR count). The van der Waals surface area contributed by atoms with Gasteiger partial charge in [-0.1, -0.05) is 23.7 Å². The third kappa shape index (κ3) is 4.91. The van der Waals surface area contributed by atoms with Crippen LogP contribution >= 0.6 is 11.6 Å². The number of nitrogens with zero attached hydrogens (tertiary/aromatic N) is 2. The molecular weight excluding hydrogens is 440 g/mol. The molecule has 2 fully saturated rings. The minimum Gasteiger partial charge on any atom is -0.465 e. The molecule has 0 radical (unpaired) electrons. The van der Waals surface area contributed by atoms with Gasteiger partial charge < -0.3 is 9.64 Å². The van der Waals surface area contributed by atoms with Gasteiger partial charge in [0.1, 0.15) is 0 Å². The maximum atomic E-state index is 12.4. The molecule has 3 heterocycles. The molecule has 7 nitrogen and oxygen atoms in total. The first kappa shape index (κ1) is 21.8. The van der Waals surface area contributed by atoms with Crippen LogP contribution in [0.25, 0.3) is 11.3 Å². The minimum atomic E-state index is -3.45. The summed E-state index contributed by atoms with van der Waals surface area (Å²) in [6.45, 7) is 1.69. The van der Waals surface area contributed by atoms with E-state index < -0.39 is 9.84 Å². The monoisotopic (exact) mass is 462 g/mol. The average Bonchev–Trinajstić information content (AvgIpc) is 3.10. The fourth-order valence-electron chi connectivity index (χ4n) is 3.95. The van der Waals surface area contributed by atoms with Crippen molar-refractivity contribution in [1.29, 1.82) is 0 Å². The molecule has 0 bridgehead atoms. The van der Waals surface area contributed by atoms with Crippen molar-refractivity contribution in [1.82, 2.24) is 9.88 Å². The van der Waals surface area contributed by atoms with Crippen molar-refractivity contribution in [3.8, 4) is 11.3 Å². The predicted octanol–water partition coefficient (Wildman–Crippen LogP) is 3.07. The highest BCUT2D eigenvalue weighted by atomic mass is 35.5. The van der Waals surface area contributed by atoms with E-state index in [0.29, 0.717) is 55.2 Å². The Morgan fingerprint density at radius 1 is 1.26 bits per heavy atom. The maximum Gasteiger partial charge on any atom is 0.306 e. The summed E-state index contributed by atoms with van der Waals surface area (Å²) in [5, 5.41) is 0.354. The molecule has 1 aromatic heterocycles. The Balaban J connectivity index is 1.36. The summed E-state index contributed by atoms with van der Waals surface area (Å²) in [7, 11) is -3.45. The van der Waals surface area contributed by atoms with E-state index >= 15 is 0 Å². The van der Waals surface area contributed by atoms with Crippen molar-refractivity contribution in [2.75, 3.05) is 26.0 Å². The molecule has 2 aliphatic rings. The first-order chi connectivity index (χ1) is 14.7. The zero-order chi connectivity index (χ0) is 22.2. The number of rotatable bonds is 6. The molecule has 0 saturated carbocycles. The Hall–Kier alpha value is -2.45. The number of pyridine rings is 1. The number of halogens is 1. The van der Waals surface area contributed by atoms with E-state index in [1.807, 2.05) is 11.0 Å². The largest absolute Gasteiger partial charge is 0.465 e. The number of aromatic nitrogens is 1. The minimum absolute atomic E-state index is 0.0964. The molecule has 0 N–H and O–H groups in total. The Bertz CT molecular complexity index is 1110. The second-order valence-electron chi connectivity index (χ2n) is 8.18. The lowest BCUT2D eigenvalue weighted by atomic mass is 9.91. The summed E-state index contributed by atoms with van der Waals surface area (Å²) < 4.78 is 29.2. The van der Waals surface area contributed by atoms with Gasteiger partial charge in [-0.2, -0.15) is 0 Å². The number of benzene rings is 1. The standard InChI is InChI=1S/C22H23ClN2O5S/c1-31(28,29)20-9-17(23)4-5-18(20)19-6-3-15(10-24-19)16-11-25(12-16)21(26)7-2-14-8-22(27)30-13-14/h3-6,9-10,14,16H,2,7-8,11-13H2,1H3/t14-/m0/s1. The Labute approximate surface area is 186 Å². The number of carbonyl (C=O) groups is 2. The zero-order valence-corrected chi connectivity index (χ0v) is 18.7. The number of carbonyl (C=O) groups excluding carboxylic acids is 2. The highest BCUT2D eigenvalue weighted by molar-refractivity contribution is 7.90. The fourth-order valence-corrected chi connectivity index (χ4v) is 5.10. The molecule has 1 amide bonds. The van der Waals surface area contributed by atoms with Crippen LogP contribution in [0, 0.1) is 5.92 Å². The summed E-state index contributed by atoms with van der Waals surface area (Å²) in [5.74, 6) is 0.273. The van der Waals surface area contributed by atoms with Gasteiger partial charge in [-0.05, 0) is 30.2 Å². The molecule has 1 aromatic carbocycles. The summed E-state index contributed by atoms with van der Waals surface area (Å²) >= 11 is 5.97. The van der Waals surface area contributed by atoms with Gasteiger partial charge in [0.05, 0.1) is 23.6 Å². The number of hydrogen-bond acceptors (Lipinski definition) is 6. The second-order valence-corrected chi connectivity index (χ2v) is 10.6. The van der Waals surface area contributed by atoms with Gasteiger partial charge in [-0.3, -0.25) is 14.6 Å². The van der Waals surface area contributed by atoms with Crippen LogP contribution in [0.3, 0.4) is 0 Å². The van der Waals surface area contributed by atoms with Crippen molar-refractivity contribution in [2.24, 2.45) is 5.92 Å². The van der Waals surface area contributed by atoms with Gasteiger partial charge >= 0.3 is 5.97 Å². The van der Waals surface area contributed by atoms with Crippen LogP contribution in [0.5, 0.6) is 0 Å². The third-order valence-electron chi connectivity index (χ3n) is 5.81. The first-order valence-electron chi connectivity index (χ1n) is 10.1. The van der Waals surface area contributed by atoms with E-state index in [-0.39, 0.29) is 28.6 Å². The molecule has 31 heavy (non-hydrogen) atoms. The molecule has 2 aromatic rings. The summed E-state index contributed by atoms with van der Waals surface area (Å²) in [4.78, 5) is 29.9. The Morgan fingerprint density at radius 2 is 2.03 bits per heavy atom. The number of likely N-dealkylation sites (tertiary alicyclic amines) is 1. The van der Waals surface area contributed by atoms with Crippen LogP contribution in [0.2, 0.25) is 5.02 Å². The van der Waals surface area contributed by atoms with Crippen molar-refractivity contribution in [2.45, 2.75) is 30.1 Å². The fraction of sp³-hybridized carbons (Fsp3) is 0.409. The SMILES string of the molecule is CS(=O)(=O)c1cc(Cl)ccc1-c1ccc(C2CN(C(=O)CC[C@@H]3COC(=O)C3)C2)cn1. The highest BCUT2D eigenvalue weighted by Gasteiger charge is 2.33. The van der Waals surface area contributed by atoms with E-state index in [4.69, 9.17) is 16.3 Å². The quantitative estimate of drug-likeness (QED) is 0.612. The molecule has 0 spiro atoms. The number of cyclic esters (lactones) is 1. The third-order valence-corrected chi connectivity index (χ3v) is 7.18. The van der Waals surface area contributed by atoms with Gasteiger partial charge in [-0.25, -0.2) is 8.42 Å². The molecular formula is C22H23ClN2O5S. The molecule has 1 atom stereocenters. The molecule has 164 valence electrons. The molecule has 2 aliphatic heterocycles. The molecule has 9 heteroatoms. The van der Waals surface area contributed by atoms with Gasteiger partial charge in [-0.15, -0.1) is 0 Å². The van der Waals surface area contributed by atoms with Crippen LogP contribution in [0.15, 0.2) is 41.4 Å². The van der Waals surface area contributed by atoms with Crippen molar-refractivity contribution in [3.05, 3.63) is 47.1 Å². The lowest BCUT2D eigenvalue weighted by Crippen LogP contribution is -2.48. The Morgan fingerprint density at radius 3 is 2.65 bits per heavy atom. The van der Waals surface area contributed by atoms with Gasteiger partial charge in [0, 0.05) is 54.4 Å². The first-order valence-corrected chi connectivity index (χ1v) is 12.4. The maximum absolute atomic E-state index is 12.4. The summed E-state index contributed by atoms with van der Waals surface area (Å²) in [6.07, 6.45) is 4.39.